The monoisotopic (exact) mass is 397 g/mol. The number of nitro groups is 1. The molecule has 2 rings (SSSR count). The normalized spacial score (nSPS) is 15.4. The van der Waals surface area contributed by atoms with E-state index in [1.54, 1.807) is 11.9 Å². The van der Waals surface area contributed by atoms with Gasteiger partial charge in [-0.15, -0.1) is 0 Å². The van der Waals surface area contributed by atoms with Gasteiger partial charge in [0.25, 0.3) is 5.69 Å². The van der Waals surface area contributed by atoms with Crippen LogP contribution in [-0.2, 0) is 14.8 Å². The molecule has 9 heteroatoms. The van der Waals surface area contributed by atoms with Crippen LogP contribution in [0.2, 0.25) is 0 Å². The Morgan fingerprint density at radius 1 is 1.22 bits per heavy atom. The average Bonchev–Trinajstić information content (AvgIpc) is 2.66. The minimum absolute atomic E-state index is 0.00801. The molecule has 0 aliphatic heterocycles. The smallest absolute Gasteiger partial charge is 0.269 e. The van der Waals surface area contributed by atoms with Gasteiger partial charge in [0, 0.05) is 38.7 Å². The molecule has 1 aliphatic carbocycles. The van der Waals surface area contributed by atoms with Crippen molar-refractivity contribution < 1.29 is 18.1 Å². The quantitative estimate of drug-likeness (QED) is 0.509. The van der Waals surface area contributed by atoms with Crippen molar-refractivity contribution in [1.29, 1.82) is 0 Å². The number of sulfonamides is 1. The van der Waals surface area contributed by atoms with Crippen LogP contribution in [0.15, 0.2) is 29.2 Å². The molecule has 0 heterocycles. The first-order valence-corrected chi connectivity index (χ1v) is 10.8. The predicted molar refractivity (Wildman–Crippen MR) is 102 cm³/mol. The van der Waals surface area contributed by atoms with Gasteiger partial charge < -0.3 is 4.90 Å². The van der Waals surface area contributed by atoms with Gasteiger partial charge in [-0.1, -0.05) is 32.1 Å². The van der Waals surface area contributed by atoms with E-state index in [9.17, 15) is 23.3 Å². The Bertz CT molecular complexity index is 743. The van der Waals surface area contributed by atoms with Crippen LogP contribution >= 0.6 is 0 Å². The van der Waals surface area contributed by atoms with E-state index >= 15 is 0 Å². The highest BCUT2D eigenvalue weighted by Gasteiger charge is 2.18. The first kappa shape index (κ1) is 21.3. The van der Waals surface area contributed by atoms with Gasteiger partial charge in [-0.05, 0) is 24.5 Å². The number of carbonyl (C=O) groups excluding carboxylic acids is 1. The number of rotatable bonds is 9. The molecule has 0 radical (unpaired) electrons. The fraction of sp³-hybridized carbons (Fsp3) is 0.611. The van der Waals surface area contributed by atoms with Gasteiger partial charge in [-0.2, -0.15) is 0 Å². The van der Waals surface area contributed by atoms with Crippen molar-refractivity contribution in [3.8, 4) is 0 Å². The zero-order valence-electron chi connectivity index (χ0n) is 15.6. The van der Waals surface area contributed by atoms with Crippen molar-refractivity contribution in [3.63, 3.8) is 0 Å². The molecule has 0 aromatic heterocycles. The highest BCUT2D eigenvalue weighted by Crippen LogP contribution is 2.26. The second-order valence-corrected chi connectivity index (χ2v) is 8.77. The zero-order valence-corrected chi connectivity index (χ0v) is 16.4. The summed E-state index contributed by atoms with van der Waals surface area (Å²) in [5, 5.41) is 10.6. The number of benzene rings is 1. The number of nitrogens with zero attached hydrogens (tertiary/aromatic N) is 2. The Morgan fingerprint density at radius 2 is 1.85 bits per heavy atom. The number of nitro benzene ring substituents is 1. The fourth-order valence-electron chi connectivity index (χ4n) is 3.29. The number of nitrogens with one attached hydrogen (secondary N) is 1. The minimum Gasteiger partial charge on any atom is -0.346 e. The van der Waals surface area contributed by atoms with E-state index in [1.165, 1.54) is 44.2 Å². The molecule has 8 nitrogen and oxygen atoms in total. The minimum atomic E-state index is -3.80. The zero-order chi connectivity index (χ0) is 19.9. The third-order valence-electron chi connectivity index (χ3n) is 5.01. The molecule has 0 bridgehead atoms. The molecular weight excluding hydrogens is 370 g/mol. The molecule has 0 unspecified atom stereocenters. The summed E-state index contributed by atoms with van der Waals surface area (Å²) in [6, 6.07) is 4.63. The molecule has 1 aliphatic rings. The highest BCUT2D eigenvalue weighted by molar-refractivity contribution is 7.89. The maximum Gasteiger partial charge on any atom is 0.269 e. The number of amides is 1. The lowest BCUT2D eigenvalue weighted by Gasteiger charge is -2.24. The summed E-state index contributed by atoms with van der Waals surface area (Å²) in [4.78, 5) is 23.8. The Hall–Kier alpha value is -2.00. The Balaban J connectivity index is 1.76. The van der Waals surface area contributed by atoms with Crippen molar-refractivity contribution in [1.82, 2.24) is 9.62 Å². The second-order valence-electron chi connectivity index (χ2n) is 7.01. The van der Waals surface area contributed by atoms with E-state index < -0.39 is 14.9 Å². The van der Waals surface area contributed by atoms with Crippen LogP contribution in [0.1, 0.15) is 44.9 Å². The number of non-ortho nitro benzene ring substituents is 1. The fourth-order valence-corrected chi connectivity index (χ4v) is 4.32. The van der Waals surface area contributed by atoms with E-state index in [2.05, 4.69) is 4.72 Å². The molecule has 0 saturated heterocycles. The summed E-state index contributed by atoms with van der Waals surface area (Å²) < 4.78 is 26.8. The van der Waals surface area contributed by atoms with E-state index in [0.29, 0.717) is 12.5 Å². The Labute approximate surface area is 160 Å². The Morgan fingerprint density at radius 3 is 2.44 bits per heavy atom. The van der Waals surface area contributed by atoms with Crippen LogP contribution in [0.4, 0.5) is 5.69 Å². The molecular formula is C18H27N3O5S. The lowest BCUT2D eigenvalue weighted by molar-refractivity contribution is -0.384. The van der Waals surface area contributed by atoms with Crippen LogP contribution in [-0.4, -0.2) is 44.3 Å². The van der Waals surface area contributed by atoms with Crippen LogP contribution in [0.3, 0.4) is 0 Å². The van der Waals surface area contributed by atoms with Crippen LogP contribution in [0.5, 0.6) is 0 Å². The van der Waals surface area contributed by atoms with E-state index in [4.69, 9.17) is 0 Å². The second kappa shape index (κ2) is 9.80. The third-order valence-corrected chi connectivity index (χ3v) is 6.49. The van der Waals surface area contributed by atoms with E-state index in [0.717, 1.165) is 18.6 Å². The highest BCUT2D eigenvalue weighted by atomic mass is 32.2. The van der Waals surface area contributed by atoms with Crippen molar-refractivity contribution in [3.05, 3.63) is 34.4 Å². The molecule has 1 aromatic carbocycles. The molecule has 0 atom stereocenters. The molecule has 1 aromatic rings. The van der Waals surface area contributed by atoms with Crippen molar-refractivity contribution in [2.45, 2.75) is 49.8 Å². The summed E-state index contributed by atoms with van der Waals surface area (Å²) in [5.74, 6) is 0.590. The van der Waals surface area contributed by atoms with Gasteiger partial charge >= 0.3 is 0 Å². The maximum atomic E-state index is 12.2. The van der Waals surface area contributed by atoms with Gasteiger partial charge in [-0.3, -0.25) is 14.9 Å². The summed E-state index contributed by atoms with van der Waals surface area (Å²) in [7, 11) is -2.05. The topological polar surface area (TPSA) is 110 Å². The van der Waals surface area contributed by atoms with Gasteiger partial charge in [0.2, 0.25) is 15.9 Å². The van der Waals surface area contributed by atoms with Gasteiger partial charge in [-0.25, -0.2) is 13.1 Å². The average molecular weight is 397 g/mol. The van der Waals surface area contributed by atoms with E-state index in [1.807, 2.05) is 0 Å². The van der Waals surface area contributed by atoms with Gasteiger partial charge in [0.1, 0.15) is 0 Å². The molecule has 1 amide bonds. The van der Waals surface area contributed by atoms with Crippen molar-refractivity contribution in [2.24, 2.45) is 5.92 Å². The van der Waals surface area contributed by atoms with Crippen LogP contribution in [0, 0.1) is 16.0 Å². The summed E-state index contributed by atoms with van der Waals surface area (Å²) in [5.41, 5.74) is -0.177. The maximum absolute atomic E-state index is 12.2. The standard InChI is InChI=1S/C18H27N3O5S/c1-20(14-12-15-5-3-2-4-6-15)18(22)11-13-19-27(25,26)17-9-7-16(8-10-17)21(23)24/h7-10,15,19H,2-6,11-14H2,1H3. The van der Waals surface area contributed by atoms with Crippen molar-refractivity contribution in [2.75, 3.05) is 20.1 Å². The molecule has 1 saturated carbocycles. The first-order chi connectivity index (χ1) is 12.8. The summed E-state index contributed by atoms with van der Waals surface area (Å²) in [6.45, 7) is 0.685. The lowest BCUT2D eigenvalue weighted by Crippen LogP contribution is -2.33. The number of hydrogen-bond donors (Lipinski definition) is 1. The number of carbonyl (C=O) groups is 1. The predicted octanol–water partition coefficient (Wildman–Crippen LogP) is 2.69. The largest absolute Gasteiger partial charge is 0.346 e. The van der Waals surface area contributed by atoms with Crippen LogP contribution in [0.25, 0.3) is 0 Å². The first-order valence-electron chi connectivity index (χ1n) is 9.27. The number of hydrogen-bond acceptors (Lipinski definition) is 5. The van der Waals surface area contributed by atoms with Crippen LogP contribution < -0.4 is 4.72 Å². The third kappa shape index (κ3) is 6.59. The molecule has 1 fully saturated rings. The lowest BCUT2D eigenvalue weighted by atomic mass is 9.87. The van der Waals surface area contributed by atoms with Crippen molar-refractivity contribution >= 4 is 21.6 Å². The Kier molecular flexibility index (Phi) is 7.73. The van der Waals surface area contributed by atoms with E-state index in [-0.39, 0.29) is 29.5 Å². The SMILES string of the molecule is CN(CCC1CCCCC1)C(=O)CCNS(=O)(=O)c1ccc([N+](=O)[O-])cc1. The molecule has 150 valence electrons. The molecule has 27 heavy (non-hydrogen) atoms. The molecule has 0 spiro atoms. The van der Waals surface area contributed by atoms with Gasteiger partial charge in [0.15, 0.2) is 0 Å². The summed E-state index contributed by atoms with van der Waals surface area (Å²) in [6.07, 6.45) is 7.39. The van der Waals surface area contributed by atoms with Gasteiger partial charge in [0.05, 0.1) is 9.82 Å². The summed E-state index contributed by atoms with van der Waals surface area (Å²) >= 11 is 0. The molecule has 1 N–H and O–H groups in total.